The summed E-state index contributed by atoms with van der Waals surface area (Å²) in [5.41, 5.74) is -0.400. The van der Waals surface area contributed by atoms with E-state index in [2.05, 4.69) is 6.58 Å². The molecule has 4 nitrogen and oxygen atoms in total. The van der Waals surface area contributed by atoms with Crippen LogP contribution in [0.4, 0.5) is 0 Å². The highest BCUT2D eigenvalue weighted by Crippen LogP contribution is 2.10. The lowest BCUT2D eigenvalue weighted by molar-refractivity contribution is -0.137. The van der Waals surface area contributed by atoms with Crippen molar-refractivity contribution in [2.24, 2.45) is 0 Å². The van der Waals surface area contributed by atoms with Gasteiger partial charge in [-0.05, 0) is 13.3 Å². The Kier molecular flexibility index (Phi) is 7.28. The average molecular weight is 232 g/mol. The molecule has 0 saturated heterocycles. The zero-order valence-electron chi connectivity index (χ0n) is 9.75. The Balaban J connectivity index is 3.53. The van der Waals surface area contributed by atoms with Gasteiger partial charge < -0.3 is 14.2 Å². The molecule has 0 bridgehead atoms. The molecule has 0 aromatic rings. The highest BCUT2D eigenvalue weighted by Gasteiger charge is 2.21. The van der Waals surface area contributed by atoms with Gasteiger partial charge in [-0.3, -0.25) is 0 Å². The van der Waals surface area contributed by atoms with Crippen LogP contribution < -0.4 is 0 Å². The van der Waals surface area contributed by atoms with Crippen LogP contribution in [0.5, 0.6) is 0 Å². The molecular weight excluding hydrogens is 212 g/mol. The number of hydrogen-bond acceptors (Lipinski definition) is 4. The summed E-state index contributed by atoms with van der Waals surface area (Å²) in [4.78, 5) is 10.7. The van der Waals surface area contributed by atoms with Gasteiger partial charge in [0.05, 0.1) is 16.1 Å². The number of carbonyl (C=O) groups excluding carboxylic acids is 1. The molecule has 15 heavy (non-hydrogen) atoms. The van der Waals surface area contributed by atoms with E-state index in [1.807, 2.05) is 6.92 Å². The van der Waals surface area contributed by atoms with Crippen LogP contribution in [-0.2, 0) is 19.0 Å². The van der Waals surface area contributed by atoms with Crippen LogP contribution >= 0.6 is 0 Å². The normalized spacial score (nSPS) is 11.9. The molecule has 0 rings (SSSR count). The fourth-order valence-electron chi connectivity index (χ4n) is 1.07. The molecule has 0 aromatic heterocycles. The summed E-state index contributed by atoms with van der Waals surface area (Å²) >= 11 is 0. The summed E-state index contributed by atoms with van der Waals surface area (Å²) in [5.74, 6) is -0.363. The smallest absolute Gasteiger partial charge is 0.330 e. The van der Waals surface area contributed by atoms with Gasteiger partial charge in [0.25, 0.3) is 0 Å². The van der Waals surface area contributed by atoms with E-state index >= 15 is 0 Å². The van der Waals surface area contributed by atoms with E-state index in [0.29, 0.717) is 6.61 Å². The Bertz CT molecular complexity index is 202. The number of esters is 1. The van der Waals surface area contributed by atoms with Crippen molar-refractivity contribution in [1.82, 2.24) is 0 Å². The molecule has 0 N–H and O–H groups in total. The van der Waals surface area contributed by atoms with Crippen molar-refractivity contribution in [3.63, 3.8) is 0 Å². The fraction of sp³-hybridized carbons (Fsp3) is 0.700. The highest BCUT2D eigenvalue weighted by molar-refractivity contribution is 6.38. The average Bonchev–Trinajstić information content (AvgIpc) is 2.27. The Hall–Kier alpha value is -0.653. The number of methoxy groups -OCH3 is 2. The molecule has 0 saturated carbocycles. The Labute approximate surface area is 93.4 Å². The van der Waals surface area contributed by atoms with Gasteiger partial charge in [-0.15, -0.1) is 0 Å². The van der Waals surface area contributed by atoms with Crippen LogP contribution in [0.1, 0.15) is 13.3 Å². The summed E-state index contributed by atoms with van der Waals surface area (Å²) in [6, 6.07) is 1.02. The van der Waals surface area contributed by atoms with E-state index in [-0.39, 0.29) is 5.97 Å². The van der Waals surface area contributed by atoms with Crippen molar-refractivity contribution in [3.8, 4) is 0 Å². The molecule has 0 spiro atoms. The van der Waals surface area contributed by atoms with E-state index in [4.69, 9.17) is 14.2 Å². The lowest BCUT2D eigenvalue weighted by atomic mass is 10.5. The van der Waals surface area contributed by atoms with Crippen LogP contribution in [-0.4, -0.2) is 41.7 Å². The van der Waals surface area contributed by atoms with Crippen molar-refractivity contribution in [1.29, 1.82) is 0 Å². The van der Waals surface area contributed by atoms with Gasteiger partial charge in [0, 0.05) is 20.3 Å². The maximum atomic E-state index is 10.7. The minimum absolute atomic E-state index is 0.363. The van der Waals surface area contributed by atoms with Crippen molar-refractivity contribution in [3.05, 3.63) is 12.7 Å². The predicted octanol–water partition coefficient (Wildman–Crippen LogP) is 0.659. The third-order valence-corrected chi connectivity index (χ3v) is 4.64. The fourth-order valence-corrected chi connectivity index (χ4v) is 2.57. The van der Waals surface area contributed by atoms with Crippen molar-refractivity contribution >= 4 is 15.5 Å². The monoisotopic (exact) mass is 232 g/mol. The van der Waals surface area contributed by atoms with E-state index in [9.17, 15) is 4.79 Å². The first-order valence-corrected chi connectivity index (χ1v) is 6.68. The molecule has 0 aliphatic carbocycles. The lowest BCUT2D eigenvalue weighted by Crippen LogP contribution is -2.36. The second-order valence-electron chi connectivity index (χ2n) is 3.37. The molecular formula is C10H20O4Si. The lowest BCUT2D eigenvalue weighted by Gasteiger charge is -2.25. The van der Waals surface area contributed by atoms with Crippen molar-refractivity contribution < 1.29 is 19.0 Å². The molecule has 0 unspecified atom stereocenters. The van der Waals surface area contributed by atoms with Crippen LogP contribution in [0.25, 0.3) is 0 Å². The van der Waals surface area contributed by atoms with E-state index in [1.54, 1.807) is 14.2 Å². The van der Waals surface area contributed by atoms with E-state index < -0.39 is 14.9 Å². The third-order valence-electron chi connectivity index (χ3n) is 2.30. The van der Waals surface area contributed by atoms with Crippen LogP contribution in [0, 0.1) is 0 Å². The second-order valence-corrected chi connectivity index (χ2v) is 5.86. The van der Waals surface area contributed by atoms with E-state index in [0.717, 1.165) is 12.5 Å². The van der Waals surface area contributed by atoms with Crippen molar-refractivity contribution in [2.75, 3.05) is 20.8 Å². The standard InChI is InChI=1S/C10H20O4Si/c1-5-9(11)14-7-6-8-15-10(2,12-3)13-4/h5H,1,6-8,15H2,2-4H3. The van der Waals surface area contributed by atoms with Gasteiger partial charge in [0.2, 0.25) is 0 Å². The first-order valence-electron chi connectivity index (χ1n) is 4.97. The molecule has 5 heteroatoms. The molecule has 0 fully saturated rings. The number of rotatable bonds is 8. The minimum Gasteiger partial charge on any atom is -0.463 e. The summed E-state index contributed by atoms with van der Waals surface area (Å²) in [7, 11) is 2.81. The summed E-state index contributed by atoms with van der Waals surface area (Å²) in [6.07, 6.45) is 2.03. The molecule has 0 aliphatic rings. The first kappa shape index (κ1) is 14.3. The number of ether oxygens (including phenoxy) is 3. The van der Waals surface area contributed by atoms with Gasteiger partial charge in [0.1, 0.15) is 5.41 Å². The predicted molar refractivity (Wildman–Crippen MR) is 61.5 cm³/mol. The SMILES string of the molecule is C=CC(=O)OCCC[SiH2]C(C)(OC)OC. The largest absolute Gasteiger partial charge is 0.463 e. The van der Waals surface area contributed by atoms with Gasteiger partial charge in [-0.25, -0.2) is 4.79 Å². The zero-order valence-corrected chi connectivity index (χ0v) is 11.2. The van der Waals surface area contributed by atoms with Crippen LogP contribution in [0.15, 0.2) is 12.7 Å². The van der Waals surface area contributed by atoms with Crippen LogP contribution in [0.3, 0.4) is 0 Å². The first-order chi connectivity index (χ1) is 7.08. The molecule has 0 heterocycles. The molecule has 0 aliphatic heterocycles. The number of hydrogen-bond donors (Lipinski definition) is 0. The molecule has 0 radical (unpaired) electrons. The van der Waals surface area contributed by atoms with Crippen molar-refractivity contribution in [2.45, 2.75) is 24.8 Å². The topological polar surface area (TPSA) is 44.8 Å². The Morgan fingerprint density at radius 2 is 2.07 bits per heavy atom. The summed E-state index contributed by atoms with van der Waals surface area (Å²) in [5, 5.41) is 0. The molecule has 0 atom stereocenters. The Morgan fingerprint density at radius 3 is 2.53 bits per heavy atom. The van der Waals surface area contributed by atoms with Gasteiger partial charge in [0.15, 0.2) is 0 Å². The molecule has 88 valence electrons. The highest BCUT2D eigenvalue weighted by atomic mass is 28.2. The number of carbonyl (C=O) groups is 1. The maximum Gasteiger partial charge on any atom is 0.330 e. The van der Waals surface area contributed by atoms with Gasteiger partial charge in [-0.2, -0.15) is 0 Å². The zero-order chi connectivity index (χ0) is 11.7. The molecule has 0 amide bonds. The minimum atomic E-state index is -0.484. The van der Waals surface area contributed by atoms with Gasteiger partial charge in [-0.1, -0.05) is 12.6 Å². The summed E-state index contributed by atoms with van der Waals surface area (Å²) < 4.78 is 15.4. The van der Waals surface area contributed by atoms with Gasteiger partial charge >= 0.3 is 5.97 Å². The Morgan fingerprint density at radius 1 is 1.47 bits per heavy atom. The second kappa shape index (κ2) is 7.61. The van der Waals surface area contributed by atoms with Crippen LogP contribution in [0.2, 0.25) is 6.04 Å². The third kappa shape index (κ3) is 6.43. The summed E-state index contributed by atoms with van der Waals surface area (Å²) in [6.45, 7) is 5.70. The quantitative estimate of drug-likeness (QED) is 0.203. The maximum absolute atomic E-state index is 10.7. The molecule has 0 aromatic carbocycles. The van der Waals surface area contributed by atoms with E-state index in [1.165, 1.54) is 6.08 Å².